The van der Waals surface area contributed by atoms with Crippen LogP contribution in [0.1, 0.15) is 11.1 Å². The molecule has 12 heavy (non-hydrogen) atoms. The lowest BCUT2D eigenvalue weighted by Crippen LogP contribution is -2.02. The van der Waals surface area contributed by atoms with E-state index in [0.29, 0.717) is 0 Å². The number of fused-ring (bicyclic) bond motifs is 1. The zero-order valence-electron chi connectivity index (χ0n) is 6.48. The summed E-state index contributed by atoms with van der Waals surface area (Å²) < 4.78 is 0. The summed E-state index contributed by atoms with van der Waals surface area (Å²) in [7, 11) is 0. The fourth-order valence-electron chi connectivity index (χ4n) is 1.43. The second-order valence-electron chi connectivity index (χ2n) is 2.93. The Morgan fingerprint density at radius 1 is 0.833 bits per heavy atom. The average Bonchev–Trinajstić information content (AvgIpc) is 2.07. The highest BCUT2D eigenvalue weighted by atomic mass is 35.5. The van der Waals surface area contributed by atoms with Gasteiger partial charge in [-0.25, -0.2) is 0 Å². The van der Waals surface area contributed by atoms with Crippen LogP contribution in [-0.2, 0) is 12.8 Å². The minimum atomic E-state index is 0.787. The molecule has 1 aliphatic rings. The molecule has 2 rings (SSSR count). The van der Waals surface area contributed by atoms with Crippen molar-refractivity contribution in [2.45, 2.75) is 12.8 Å². The summed E-state index contributed by atoms with van der Waals surface area (Å²) in [6.45, 7) is 0. The van der Waals surface area contributed by atoms with E-state index in [1.54, 1.807) is 0 Å². The van der Waals surface area contributed by atoms with E-state index >= 15 is 0 Å². The maximum atomic E-state index is 5.94. The molecule has 0 heterocycles. The minimum absolute atomic E-state index is 0.787. The van der Waals surface area contributed by atoms with E-state index in [4.69, 9.17) is 23.2 Å². The molecular formula is C10H8Cl2. The van der Waals surface area contributed by atoms with Gasteiger partial charge in [0.2, 0.25) is 0 Å². The van der Waals surface area contributed by atoms with Crippen molar-refractivity contribution in [2.24, 2.45) is 0 Å². The lowest BCUT2D eigenvalue weighted by Gasteiger charge is -2.15. The van der Waals surface area contributed by atoms with Gasteiger partial charge in [-0.2, -0.15) is 0 Å². The molecule has 1 aromatic rings. The van der Waals surface area contributed by atoms with E-state index in [-0.39, 0.29) is 0 Å². The molecule has 62 valence electrons. The minimum Gasteiger partial charge on any atom is -0.0875 e. The molecule has 0 fully saturated rings. The van der Waals surface area contributed by atoms with Crippen LogP contribution < -0.4 is 0 Å². The van der Waals surface area contributed by atoms with Gasteiger partial charge in [0.1, 0.15) is 0 Å². The van der Waals surface area contributed by atoms with Crippen LogP contribution in [0.2, 0.25) is 0 Å². The van der Waals surface area contributed by atoms with Crippen LogP contribution in [0.5, 0.6) is 0 Å². The monoisotopic (exact) mass is 198 g/mol. The molecule has 0 saturated carbocycles. The molecule has 0 spiro atoms. The Balaban J connectivity index is 2.43. The molecule has 0 saturated heterocycles. The Bertz CT molecular complexity index is 306. The lowest BCUT2D eigenvalue weighted by atomic mass is 9.97. The molecule has 0 N–H and O–H groups in total. The van der Waals surface area contributed by atoms with E-state index in [2.05, 4.69) is 12.1 Å². The van der Waals surface area contributed by atoms with Crippen molar-refractivity contribution < 1.29 is 0 Å². The molecule has 2 heteroatoms. The predicted molar refractivity (Wildman–Crippen MR) is 52.6 cm³/mol. The molecule has 0 bridgehead atoms. The summed E-state index contributed by atoms with van der Waals surface area (Å²) in [5.74, 6) is 0. The Morgan fingerprint density at radius 3 is 1.67 bits per heavy atom. The summed E-state index contributed by atoms with van der Waals surface area (Å²) in [6.07, 6.45) is 1.58. The van der Waals surface area contributed by atoms with Gasteiger partial charge in [-0.3, -0.25) is 0 Å². The van der Waals surface area contributed by atoms with Gasteiger partial charge >= 0.3 is 0 Å². The topological polar surface area (TPSA) is 0 Å². The summed E-state index contributed by atoms with van der Waals surface area (Å²) in [4.78, 5) is 0. The van der Waals surface area contributed by atoms with Gasteiger partial charge in [-0.05, 0) is 11.1 Å². The molecule has 0 radical (unpaired) electrons. The van der Waals surface area contributed by atoms with Crippen LogP contribution in [0.15, 0.2) is 34.3 Å². The summed E-state index contributed by atoms with van der Waals surface area (Å²) in [5.41, 5.74) is 2.60. The smallest absolute Gasteiger partial charge is 0.0373 e. The zero-order chi connectivity index (χ0) is 8.55. The molecule has 1 aliphatic carbocycles. The van der Waals surface area contributed by atoms with E-state index in [1.807, 2.05) is 12.1 Å². The Labute approximate surface area is 81.8 Å². The third-order valence-electron chi connectivity index (χ3n) is 2.10. The van der Waals surface area contributed by atoms with Gasteiger partial charge in [0, 0.05) is 22.9 Å². The van der Waals surface area contributed by atoms with Crippen molar-refractivity contribution in [1.82, 2.24) is 0 Å². The van der Waals surface area contributed by atoms with Crippen LogP contribution in [0, 0.1) is 0 Å². The third kappa shape index (κ3) is 1.37. The van der Waals surface area contributed by atoms with Gasteiger partial charge < -0.3 is 0 Å². The van der Waals surface area contributed by atoms with Crippen molar-refractivity contribution in [3.05, 3.63) is 45.5 Å². The largest absolute Gasteiger partial charge is 0.0875 e. The van der Waals surface area contributed by atoms with Crippen LogP contribution in [0.4, 0.5) is 0 Å². The fourth-order valence-corrected chi connectivity index (χ4v) is 1.85. The SMILES string of the molecule is ClC1=C(Cl)Cc2ccccc2C1. The van der Waals surface area contributed by atoms with Gasteiger partial charge in [0.25, 0.3) is 0 Å². The first-order chi connectivity index (χ1) is 5.77. The Morgan fingerprint density at radius 2 is 1.25 bits per heavy atom. The summed E-state index contributed by atoms with van der Waals surface area (Å²) in [5, 5.41) is 1.57. The number of hydrogen-bond acceptors (Lipinski definition) is 0. The van der Waals surface area contributed by atoms with Crippen molar-refractivity contribution in [2.75, 3.05) is 0 Å². The van der Waals surface area contributed by atoms with Gasteiger partial charge in [-0.15, -0.1) is 0 Å². The van der Waals surface area contributed by atoms with Gasteiger partial charge in [0.15, 0.2) is 0 Å². The maximum absolute atomic E-state index is 5.94. The van der Waals surface area contributed by atoms with Crippen molar-refractivity contribution in [3.63, 3.8) is 0 Å². The number of allylic oxidation sites excluding steroid dienone is 2. The fraction of sp³-hybridized carbons (Fsp3) is 0.200. The first-order valence-electron chi connectivity index (χ1n) is 3.87. The van der Waals surface area contributed by atoms with Crippen LogP contribution in [0.25, 0.3) is 0 Å². The van der Waals surface area contributed by atoms with E-state index in [0.717, 1.165) is 22.9 Å². The highest BCUT2D eigenvalue weighted by Crippen LogP contribution is 2.29. The van der Waals surface area contributed by atoms with Crippen molar-refractivity contribution in [3.8, 4) is 0 Å². The normalized spacial score (nSPS) is 16.2. The van der Waals surface area contributed by atoms with Gasteiger partial charge in [0.05, 0.1) is 0 Å². The average molecular weight is 199 g/mol. The van der Waals surface area contributed by atoms with E-state index in [9.17, 15) is 0 Å². The van der Waals surface area contributed by atoms with E-state index < -0.39 is 0 Å². The standard InChI is InChI=1S/C10H8Cl2/c11-9-5-7-3-1-2-4-8(7)6-10(9)12/h1-4H,5-6H2. The van der Waals surface area contributed by atoms with Crippen LogP contribution in [0.3, 0.4) is 0 Å². The Kier molecular flexibility index (Phi) is 2.12. The highest BCUT2D eigenvalue weighted by Gasteiger charge is 2.13. The van der Waals surface area contributed by atoms with Crippen molar-refractivity contribution >= 4 is 23.2 Å². The molecule has 0 aliphatic heterocycles. The number of halogens is 2. The number of rotatable bonds is 0. The second kappa shape index (κ2) is 3.12. The van der Waals surface area contributed by atoms with Crippen molar-refractivity contribution in [1.29, 1.82) is 0 Å². The van der Waals surface area contributed by atoms with Crippen LogP contribution in [-0.4, -0.2) is 0 Å². The second-order valence-corrected chi connectivity index (χ2v) is 3.84. The first kappa shape index (κ1) is 8.15. The molecular weight excluding hydrogens is 191 g/mol. The maximum Gasteiger partial charge on any atom is 0.0373 e. The zero-order valence-corrected chi connectivity index (χ0v) is 7.99. The molecule has 0 aromatic heterocycles. The quantitative estimate of drug-likeness (QED) is 0.600. The number of benzene rings is 1. The van der Waals surface area contributed by atoms with E-state index in [1.165, 1.54) is 11.1 Å². The molecule has 0 nitrogen and oxygen atoms in total. The van der Waals surface area contributed by atoms with Crippen LogP contribution >= 0.6 is 23.2 Å². The molecule has 0 unspecified atom stereocenters. The Hall–Kier alpha value is -0.460. The molecule has 0 atom stereocenters. The third-order valence-corrected chi connectivity index (χ3v) is 2.92. The predicted octanol–water partition coefficient (Wildman–Crippen LogP) is 3.47. The molecule has 1 aromatic carbocycles. The number of hydrogen-bond donors (Lipinski definition) is 0. The highest BCUT2D eigenvalue weighted by molar-refractivity contribution is 6.39. The molecule has 0 amide bonds. The summed E-state index contributed by atoms with van der Waals surface area (Å²) >= 11 is 11.9. The lowest BCUT2D eigenvalue weighted by molar-refractivity contribution is 1.06. The summed E-state index contributed by atoms with van der Waals surface area (Å²) in [6, 6.07) is 8.26. The first-order valence-corrected chi connectivity index (χ1v) is 4.63. The van der Waals surface area contributed by atoms with Gasteiger partial charge in [-0.1, -0.05) is 47.5 Å².